The first kappa shape index (κ1) is 17.3. The number of esters is 1. The Hall–Kier alpha value is -3.03. The monoisotopic (exact) mass is 333 g/mol. The summed E-state index contributed by atoms with van der Waals surface area (Å²) in [4.78, 5) is 35.3. The molecule has 0 aliphatic rings. The number of methoxy groups -OCH3 is 1. The van der Waals surface area contributed by atoms with Crippen molar-refractivity contribution in [3.8, 4) is 5.75 Å². The number of amides is 1. The van der Waals surface area contributed by atoms with Gasteiger partial charge in [-0.15, -0.1) is 0 Å². The number of fused-ring (bicyclic) bond motifs is 1. The van der Waals surface area contributed by atoms with Gasteiger partial charge in [-0.3, -0.25) is 9.59 Å². The van der Waals surface area contributed by atoms with Gasteiger partial charge in [0.25, 0.3) is 11.5 Å². The molecule has 2 aromatic rings. The number of hydrogen-bond donors (Lipinski definition) is 2. The molecule has 8 heteroatoms. The Morgan fingerprint density at radius 3 is 2.71 bits per heavy atom. The Balaban J connectivity index is 2.15. The number of benzene rings is 1. The van der Waals surface area contributed by atoms with Crippen LogP contribution in [0.4, 0.5) is 5.69 Å². The summed E-state index contributed by atoms with van der Waals surface area (Å²) in [5.74, 6) is -1.08. The standard InChI is InChI=1S/C16H19N3O5/c1-9(16(22)23-3)18-14(20)8-24-13-7-10-6-11(17)4-5-12(10)19(2)15(13)21/h4-7,9H,8,17H2,1-3H3,(H,18,20)/t9-/m0/s1. The van der Waals surface area contributed by atoms with Crippen LogP contribution in [0.15, 0.2) is 29.1 Å². The summed E-state index contributed by atoms with van der Waals surface area (Å²) in [7, 11) is 2.83. The van der Waals surface area contributed by atoms with E-state index < -0.39 is 24.5 Å². The maximum atomic E-state index is 12.3. The number of nitrogen functional groups attached to an aromatic ring is 1. The zero-order valence-corrected chi connectivity index (χ0v) is 13.7. The maximum Gasteiger partial charge on any atom is 0.328 e. The molecule has 0 aliphatic heterocycles. The molecule has 128 valence electrons. The largest absolute Gasteiger partial charge is 0.478 e. The van der Waals surface area contributed by atoms with E-state index in [1.807, 2.05) is 0 Å². The SMILES string of the molecule is COC(=O)[C@H](C)NC(=O)COc1cc2cc(N)ccc2n(C)c1=O. The molecule has 1 heterocycles. The average Bonchev–Trinajstić information content (AvgIpc) is 2.55. The van der Waals surface area contributed by atoms with E-state index in [0.717, 1.165) is 5.39 Å². The Labute approximate surface area is 138 Å². The molecule has 8 nitrogen and oxygen atoms in total. The number of hydrogen-bond acceptors (Lipinski definition) is 6. The van der Waals surface area contributed by atoms with Crippen molar-refractivity contribution in [2.45, 2.75) is 13.0 Å². The summed E-state index contributed by atoms with van der Waals surface area (Å²) < 4.78 is 11.2. The van der Waals surface area contributed by atoms with Crippen LogP contribution in [0.2, 0.25) is 0 Å². The molecule has 1 amide bonds. The number of nitrogens with zero attached hydrogens (tertiary/aromatic N) is 1. The molecule has 2 rings (SSSR count). The Morgan fingerprint density at radius 1 is 1.33 bits per heavy atom. The molecule has 0 bridgehead atoms. The number of aromatic nitrogens is 1. The number of carbonyl (C=O) groups excluding carboxylic acids is 2. The third-order valence-electron chi connectivity index (χ3n) is 3.51. The van der Waals surface area contributed by atoms with E-state index in [9.17, 15) is 14.4 Å². The summed E-state index contributed by atoms with van der Waals surface area (Å²) in [5, 5.41) is 3.13. The predicted molar refractivity (Wildman–Crippen MR) is 88.7 cm³/mol. The zero-order valence-electron chi connectivity index (χ0n) is 13.7. The van der Waals surface area contributed by atoms with Crippen LogP contribution >= 0.6 is 0 Å². The molecular formula is C16H19N3O5. The number of nitrogens with two attached hydrogens (primary N) is 1. The lowest BCUT2D eigenvalue weighted by atomic mass is 10.2. The Morgan fingerprint density at radius 2 is 2.04 bits per heavy atom. The molecule has 0 aliphatic carbocycles. The third-order valence-corrected chi connectivity index (χ3v) is 3.51. The predicted octanol–water partition coefficient (Wildman–Crippen LogP) is 0.177. The average molecular weight is 333 g/mol. The smallest absolute Gasteiger partial charge is 0.328 e. The lowest BCUT2D eigenvalue weighted by molar-refractivity contribution is -0.144. The molecule has 0 saturated carbocycles. The Kier molecular flexibility index (Phi) is 5.08. The first-order valence-electron chi connectivity index (χ1n) is 7.22. The van der Waals surface area contributed by atoms with Crippen LogP contribution in [0.5, 0.6) is 5.75 Å². The zero-order chi connectivity index (χ0) is 17.9. The highest BCUT2D eigenvalue weighted by Gasteiger charge is 2.17. The van der Waals surface area contributed by atoms with Crippen LogP contribution in [0.1, 0.15) is 6.92 Å². The summed E-state index contributed by atoms with van der Waals surface area (Å²) in [6.45, 7) is 1.09. The fourth-order valence-electron chi connectivity index (χ4n) is 2.24. The quantitative estimate of drug-likeness (QED) is 0.596. The first-order valence-corrected chi connectivity index (χ1v) is 7.22. The first-order chi connectivity index (χ1) is 11.3. The van der Waals surface area contributed by atoms with Gasteiger partial charge in [0.1, 0.15) is 6.04 Å². The third kappa shape index (κ3) is 3.65. The molecule has 1 atom stereocenters. The van der Waals surface area contributed by atoms with Crippen molar-refractivity contribution in [1.29, 1.82) is 0 Å². The molecule has 24 heavy (non-hydrogen) atoms. The number of ether oxygens (including phenoxy) is 2. The minimum atomic E-state index is -0.801. The number of anilines is 1. The number of carbonyl (C=O) groups is 2. The maximum absolute atomic E-state index is 12.3. The molecule has 1 aromatic heterocycles. The van der Waals surface area contributed by atoms with Crippen LogP contribution in [-0.4, -0.2) is 36.2 Å². The van der Waals surface area contributed by atoms with E-state index in [4.69, 9.17) is 10.5 Å². The molecule has 0 saturated heterocycles. The molecule has 0 fully saturated rings. The summed E-state index contributed by atoms with van der Waals surface area (Å²) in [5.41, 5.74) is 6.62. The molecule has 1 aromatic carbocycles. The van der Waals surface area contributed by atoms with E-state index in [0.29, 0.717) is 11.2 Å². The number of nitrogens with one attached hydrogen (secondary N) is 1. The van der Waals surface area contributed by atoms with Crippen LogP contribution in [0, 0.1) is 0 Å². The highest BCUT2D eigenvalue weighted by molar-refractivity contribution is 5.85. The van der Waals surface area contributed by atoms with Gasteiger partial charge in [0.05, 0.1) is 12.6 Å². The van der Waals surface area contributed by atoms with E-state index >= 15 is 0 Å². The van der Waals surface area contributed by atoms with Crippen molar-refractivity contribution < 1.29 is 19.1 Å². The molecule has 0 spiro atoms. The number of pyridine rings is 1. The molecule has 3 N–H and O–H groups in total. The van der Waals surface area contributed by atoms with Crippen molar-refractivity contribution in [2.75, 3.05) is 19.5 Å². The highest BCUT2D eigenvalue weighted by atomic mass is 16.5. The minimum absolute atomic E-state index is 0.0245. The lowest BCUT2D eigenvalue weighted by Gasteiger charge is -2.13. The number of aryl methyl sites for hydroxylation is 1. The fourth-order valence-corrected chi connectivity index (χ4v) is 2.24. The normalized spacial score (nSPS) is 11.8. The van der Waals surface area contributed by atoms with Crippen molar-refractivity contribution in [2.24, 2.45) is 7.05 Å². The Bertz CT molecular complexity index is 843. The van der Waals surface area contributed by atoms with Gasteiger partial charge in [-0.05, 0) is 31.2 Å². The van der Waals surface area contributed by atoms with Crippen molar-refractivity contribution in [1.82, 2.24) is 9.88 Å². The van der Waals surface area contributed by atoms with Crippen molar-refractivity contribution >= 4 is 28.5 Å². The van der Waals surface area contributed by atoms with Gasteiger partial charge in [-0.2, -0.15) is 0 Å². The second-order valence-corrected chi connectivity index (χ2v) is 5.29. The molecule has 0 radical (unpaired) electrons. The molecular weight excluding hydrogens is 314 g/mol. The van der Waals surface area contributed by atoms with E-state index in [-0.39, 0.29) is 11.3 Å². The topological polar surface area (TPSA) is 113 Å². The van der Waals surface area contributed by atoms with Gasteiger partial charge in [0.15, 0.2) is 12.4 Å². The highest BCUT2D eigenvalue weighted by Crippen LogP contribution is 2.19. The van der Waals surface area contributed by atoms with Gasteiger partial charge >= 0.3 is 5.97 Å². The van der Waals surface area contributed by atoms with Crippen LogP contribution in [0.3, 0.4) is 0 Å². The minimum Gasteiger partial charge on any atom is -0.478 e. The van der Waals surface area contributed by atoms with Crippen molar-refractivity contribution in [3.63, 3.8) is 0 Å². The van der Waals surface area contributed by atoms with Crippen LogP contribution < -0.4 is 21.3 Å². The summed E-state index contributed by atoms with van der Waals surface area (Å²) >= 11 is 0. The second-order valence-electron chi connectivity index (χ2n) is 5.29. The fraction of sp³-hybridized carbons (Fsp3) is 0.312. The molecule has 0 unspecified atom stereocenters. The van der Waals surface area contributed by atoms with Crippen LogP contribution in [0.25, 0.3) is 10.9 Å². The van der Waals surface area contributed by atoms with Crippen molar-refractivity contribution in [3.05, 3.63) is 34.6 Å². The number of rotatable bonds is 5. The van der Waals surface area contributed by atoms with Gasteiger partial charge < -0.3 is 25.1 Å². The van der Waals surface area contributed by atoms with Gasteiger partial charge in [-0.1, -0.05) is 0 Å². The summed E-state index contributed by atoms with van der Waals surface area (Å²) in [6, 6.07) is 5.88. The van der Waals surface area contributed by atoms with E-state index in [2.05, 4.69) is 10.1 Å². The lowest BCUT2D eigenvalue weighted by Crippen LogP contribution is -2.41. The van der Waals surface area contributed by atoms with E-state index in [1.54, 1.807) is 25.2 Å². The van der Waals surface area contributed by atoms with E-state index in [1.165, 1.54) is 24.7 Å². The summed E-state index contributed by atoms with van der Waals surface area (Å²) in [6.07, 6.45) is 0. The second kappa shape index (κ2) is 7.03. The van der Waals surface area contributed by atoms with Gasteiger partial charge in [0.2, 0.25) is 0 Å². The van der Waals surface area contributed by atoms with Gasteiger partial charge in [0, 0.05) is 18.1 Å². The van der Waals surface area contributed by atoms with Crippen LogP contribution in [-0.2, 0) is 21.4 Å². The van der Waals surface area contributed by atoms with Gasteiger partial charge in [-0.25, -0.2) is 4.79 Å².